The molecule has 0 bridgehead atoms. The molecule has 1 saturated carbocycles. The third-order valence-corrected chi connectivity index (χ3v) is 5.64. The zero-order valence-corrected chi connectivity index (χ0v) is 13.9. The Morgan fingerprint density at radius 3 is 2.40 bits per heavy atom. The topological polar surface area (TPSA) is 15.3 Å². The first kappa shape index (κ1) is 16.3. The van der Waals surface area contributed by atoms with Gasteiger partial charge in [-0.2, -0.15) is 0 Å². The van der Waals surface area contributed by atoms with Crippen LogP contribution >= 0.6 is 0 Å². The SMILES string of the molecule is CCNCC1(CN2CCCCCC2C)CCCCCC1. The van der Waals surface area contributed by atoms with Crippen LogP contribution in [0, 0.1) is 5.41 Å². The molecule has 0 aromatic carbocycles. The third-order valence-electron chi connectivity index (χ3n) is 5.64. The molecule has 1 atom stereocenters. The van der Waals surface area contributed by atoms with Crippen LogP contribution in [0.3, 0.4) is 0 Å². The van der Waals surface area contributed by atoms with Crippen LogP contribution in [0.1, 0.15) is 78.1 Å². The monoisotopic (exact) mass is 280 g/mol. The molecule has 2 fully saturated rings. The van der Waals surface area contributed by atoms with Gasteiger partial charge in [-0.05, 0) is 51.1 Å². The summed E-state index contributed by atoms with van der Waals surface area (Å²) in [5.41, 5.74) is 0.561. The van der Waals surface area contributed by atoms with E-state index in [4.69, 9.17) is 0 Å². The molecule has 2 nitrogen and oxygen atoms in total. The van der Waals surface area contributed by atoms with E-state index >= 15 is 0 Å². The van der Waals surface area contributed by atoms with Crippen molar-refractivity contribution in [1.29, 1.82) is 0 Å². The van der Waals surface area contributed by atoms with Gasteiger partial charge in [0.05, 0.1) is 0 Å². The van der Waals surface area contributed by atoms with E-state index in [1.165, 1.54) is 83.8 Å². The highest BCUT2D eigenvalue weighted by Crippen LogP contribution is 2.36. The highest BCUT2D eigenvalue weighted by Gasteiger charge is 2.34. The minimum absolute atomic E-state index is 0.561. The maximum absolute atomic E-state index is 3.68. The van der Waals surface area contributed by atoms with E-state index < -0.39 is 0 Å². The number of nitrogens with zero attached hydrogens (tertiary/aromatic N) is 1. The second-order valence-corrected chi connectivity index (χ2v) is 7.36. The van der Waals surface area contributed by atoms with Crippen molar-refractivity contribution in [1.82, 2.24) is 10.2 Å². The standard InChI is InChI=1S/C18H36N2/c1-3-19-15-18(12-8-4-5-9-13-18)16-20-14-10-6-7-11-17(20)2/h17,19H,3-16H2,1-2H3. The molecule has 1 saturated heterocycles. The van der Waals surface area contributed by atoms with Crippen LogP contribution in [0.15, 0.2) is 0 Å². The molecule has 1 aliphatic heterocycles. The summed E-state index contributed by atoms with van der Waals surface area (Å²) < 4.78 is 0. The lowest BCUT2D eigenvalue weighted by atomic mass is 9.79. The summed E-state index contributed by atoms with van der Waals surface area (Å²) in [4.78, 5) is 2.83. The summed E-state index contributed by atoms with van der Waals surface area (Å²) in [7, 11) is 0. The van der Waals surface area contributed by atoms with Crippen molar-refractivity contribution in [2.75, 3.05) is 26.2 Å². The molecular weight excluding hydrogens is 244 g/mol. The predicted molar refractivity (Wildman–Crippen MR) is 88.2 cm³/mol. The lowest BCUT2D eigenvalue weighted by molar-refractivity contribution is 0.100. The maximum Gasteiger partial charge on any atom is 0.00671 e. The quantitative estimate of drug-likeness (QED) is 0.759. The van der Waals surface area contributed by atoms with Crippen molar-refractivity contribution in [3.8, 4) is 0 Å². The minimum atomic E-state index is 0.561. The fourth-order valence-corrected chi connectivity index (χ4v) is 4.26. The van der Waals surface area contributed by atoms with Gasteiger partial charge in [-0.3, -0.25) is 0 Å². The van der Waals surface area contributed by atoms with E-state index in [-0.39, 0.29) is 0 Å². The molecule has 1 heterocycles. The molecular formula is C18H36N2. The van der Waals surface area contributed by atoms with Crippen LogP contribution in [0.25, 0.3) is 0 Å². The lowest BCUT2D eigenvalue weighted by Gasteiger charge is -2.40. The highest BCUT2D eigenvalue weighted by molar-refractivity contribution is 4.88. The molecule has 1 unspecified atom stereocenters. The molecule has 0 amide bonds. The van der Waals surface area contributed by atoms with Gasteiger partial charge in [0, 0.05) is 19.1 Å². The Morgan fingerprint density at radius 1 is 1.00 bits per heavy atom. The number of nitrogens with one attached hydrogen (secondary N) is 1. The lowest BCUT2D eigenvalue weighted by Crippen LogP contribution is -2.46. The number of hydrogen-bond acceptors (Lipinski definition) is 2. The smallest absolute Gasteiger partial charge is 0.00671 e. The Kier molecular flexibility index (Phi) is 6.83. The van der Waals surface area contributed by atoms with Crippen LogP contribution in [0.4, 0.5) is 0 Å². The van der Waals surface area contributed by atoms with Gasteiger partial charge in [-0.25, -0.2) is 0 Å². The molecule has 118 valence electrons. The molecule has 0 spiro atoms. The van der Waals surface area contributed by atoms with Crippen LogP contribution in [0.5, 0.6) is 0 Å². The largest absolute Gasteiger partial charge is 0.316 e. The second kappa shape index (κ2) is 8.38. The number of likely N-dealkylation sites (tertiary alicyclic amines) is 1. The van der Waals surface area contributed by atoms with E-state index in [0.717, 1.165) is 12.6 Å². The molecule has 1 N–H and O–H groups in total. The molecule has 2 rings (SSSR count). The van der Waals surface area contributed by atoms with Gasteiger partial charge in [0.15, 0.2) is 0 Å². The normalized spacial score (nSPS) is 28.8. The molecule has 2 heteroatoms. The van der Waals surface area contributed by atoms with Gasteiger partial charge in [0.1, 0.15) is 0 Å². The summed E-state index contributed by atoms with van der Waals surface area (Å²) in [6.45, 7) is 9.77. The maximum atomic E-state index is 3.68. The van der Waals surface area contributed by atoms with Gasteiger partial charge in [-0.15, -0.1) is 0 Å². The van der Waals surface area contributed by atoms with Crippen LogP contribution in [-0.4, -0.2) is 37.1 Å². The van der Waals surface area contributed by atoms with E-state index in [0.29, 0.717) is 5.41 Å². The first-order valence-corrected chi connectivity index (χ1v) is 9.20. The van der Waals surface area contributed by atoms with E-state index in [2.05, 4.69) is 24.1 Å². The average Bonchev–Trinajstić information content (AvgIpc) is 2.79. The molecule has 0 aromatic rings. The fourth-order valence-electron chi connectivity index (χ4n) is 4.26. The summed E-state index contributed by atoms with van der Waals surface area (Å²) in [6, 6.07) is 0.805. The highest BCUT2D eigenvalue weighted by atomic mass is 15.2. The summed E-state index contributed by atoms with van der Waals surface area (Å²) in [5, 5.41) is 3.68. The molecule has 0 aromatic heterocycles. The molecule has 2 aliphatic rings. The second-order valence-electron chi connectivity index (χ2n) is 7.36. The Hall–Kier alpha value is -0.0800. The minimum Gasteiger partial charge on any atom is -0.316 e. The van der Waals surface area contributed by atoms with Gasteiger partial charge in [-0.1, -0.05) is 45.4 Å². The van der Waals surface area contributed by atoms with Gasteiger partial charge in [0.2, 0.25) is 0 Å². The Morgan fingerprint density at radius 2 is 1.70 bits per heavy atom. The number of hydrogen-bond donors (Lipinski definition) is 1. The van der Waals surface area contributed by atoms with Gasteiger partial charge < -0.3 is 10.2 Å². The molecule has 20 heavy (non-hydrogen) atoms. The van der Waals surface area contributed by atoms with E-state index in [9.17, 15) is 0 Å². The van der Waals surface area contributed by atoms with Gasteiger partial charge >= 0.3 is 0 Å². The van der Waals surface area contributed by atoms with Crippen molar-refractivity contribution in [2.24, 2.45) is 5.41 Å². The summed E-state index contributed by atoms with van der Waals surface area (Å²) >= 11 is 0. The summed E-state index contributed by atoms with van der Waals surface area (Å²) in [6.07, 6.45) is 14.4. The van der Waals surface area contributed by atoms with Crippen molar-refractivity contribution < 1.29 is 0 Å². The fraction of sp³-hybridized carbons (Fsp3) is 1.00. The molecule has 0 radical (unpaired) electrons. The predicted octanol–water partition coefficient (Wildman–Crippen LogP) is 4.20. The number of rotatable bonds is 5. The van der Waals surface area contributed by atoms with Crippen LogP contribution in [0.2, 0.25) is 0 Å². The average molecular weight is 280 g/mol. The Balaban J connectivity index is 2.00. The van der Waals surface area contributed by atoms with Crippen LogP contribution in [-0.2, 0) is 0 Å². The van der Waals surface area contributed by atoms with E-state index in [1.54, 1.807) is 0 Å². The zero-order chi connectivity index (χ0) is 14.3. The van der Waals surface area contributed by atoms with Crippen molar-refractivity contribution in [2.45, 2.75) is 84.1 Å². The van der Waals surface area contributed by atoms with Crippen molar-refractivity contribution in [3.05, 3.63) is 0 Å². The van der Waals surface area contributed by atoms with Gasteiger partial charge in [0.25, 0.3) is 0 Å². The van der Waals surface area contributed by atoms with Crippen molar-refractivity contribution in [3.63, 3.8) is 0 Å². The third kappa shape index (κ3) is 4.73. The first-order valence-electron chi connectivity index (χ1n) is 9.20. The van der Waals surface area contributed by atoms with Crippen LogP contribution < -0.4 is 5.32 Å². The molecule has 1 aliphatic carbocycles. The van der Waals surface area contributed by atoms with E-state index in [1.807, 2.05) is 0 Å². The van der Waals surface area contributed by atoms with Crippen molar-refractivity contribution >= 4 is 0 Å². The first-order chi connectivity index (χ1) is 9.76. The zero-order valence-electron chi connectivity index (χ0n) is 13.9. The Labute approximate surface area is 126 Å². The summed E-state index contributed by atoms with van der Waals surface area (Å²) in [5.74, 6) is 0. The Bertz CT molecular complexity index is 256.